The highest BCUT2D eigenvalue weighted by Crippen LogP contribution is 2.13. The van der Waals surface area contributed by atoms with Crippen molar-refractivity contribution in [3.8, 4) is 0 Å². The molecule has 0 spiro atoms. The van der Waals surface area contributed by atoms with Gasteiger partial charge in [0.15, 0.2) is 0 Å². The maximum Gasteiger partial charge on any atom is 0.239 e. The molecule has 3 heteroatoms. The van der Waals surface area contributed by atoms with E-state index >= 15 is 0 Å². The lowest BCUT2D eigenvalue weighted by molar-refractivity contribution is -0.132. The molecular weight excluding hydrogens is 212 g/mol. The number of rotatable bonds is 8. The Bertz CT molecular complexity index is 210. The van der Waals surface area contributed by atoms with Crippen LogP contribution < -0.4 is 5.32 Å². The minimum absolute atomic E-state index is 0.0782. The first kappa shape index (κ1) is 16.4. The minimum Gasteiger partial charge on any atom is -0.342 e. The van der Waals surface area contributed by atoms with E-state index in [1.165, 1.54) is 0 Å². The Morgan fingerprint density at radius 3 is 1.88 bits per heavy atom. The normalized spacial score (nSPS) is 14.8. The highest BCUT2D eigenvalue weighted by atomic mass is 16.2. The molecule has 1 amide bonds. The van der Waals surface area contributed by atoms with Gasteiger partial charge in [-0.3, -0.25) is 4.79 Å². The highest BCUT2D eigenvalue weighted by Gasteiger charge is 2.22. The molecule has 0 aromatic carbocycles. The van der Waals surface area contributed by atoms with E-state index in [1.807, 2.05) is 25.7 Å². The van der Waals surface area contributed by atoms with Crippen LogP contribution >= 0.6 is 0 Å². The number of carbonyl (C=O) groups is 1. The molecule has 1 N–H and O–H groups in total. The first-order valence-corrected chi connectivity index (χ1v) is 7.06. The maximum atomic E-state index is 12.1. The fourth-order valence-corrected chi connectivity index (χ4v) is 2.41. The SMILES string of the molecule is CCC(CC)C(C)NC(C)C(=O)N(CC)CC. The highest BCUT2D eigenvalue weighted by molar-refractivity contribution is 5.81. The topological polar surface area (TPSA) is 32.3 Å². The Morgan fingerprint density at radius 1 is 1.06 bits per heavy atom. The lowest BCUT2D eigenvalue weighted by Gasteiger charge is -2.29. The smallest absolute Gasteiger partial charge is 0.239 e. The average Bonchev–Trinajstić information content (AvgIpc) is 2.31. The maximum absolute atomic E-state index is 12.1. The molecule has 0 fully saturated rings. The van der Waals surface area contributed by atoms with Crippen molar-refractivity contribution in [1.29, 1.82) is 0 Å². The van der Waals surface area contributed by atoms with Crippen LogP contribution in [0.4, 0.5) is 0 Å². The van der Waals surface area contributed by atoms with Gasteiger partial charge in [-0.15, -0.1) is 0 Å². The predicted molar refractivity (Wildman–Crippen MR) is 74.1 cm³/mol. The minimum atomic E-state index is -0.0782. The first-order chi connectivity index (χ1) is 8.01. The zero-order valence-electron chi connectivity index (χ0n) is 12.4. The van der Waals surface area contributed by atoms with E-state index in [4.69, 9.17) is 0 Å². The number of carbonyl (C=O) groups excluding carboxylic acids is 1. The summed E-state index contributed by atoms with van der Waals surface area (Å²) in [6.07, 6.45) is 2.33. The molecule has 0 rings (SSSR count). The molecule has 0 radical (unpaired) electrons. The predicted octanol–water partition coefficient (Wildman–Crippen LogP) is 2.66. The van der Waals surface area contributed by atoms with Gasteiger partial charge in [0.25, 0.3) is 0 Å². The van der Waals surface area contributed by atoms with Gasteiger partial charge in [-0.25, -0.2) is 0 Å². The summed E-state index contributed by atoms with van der Waals surface area (Å²) in [4.78, 5) is 14.0. The molecule has 0 aromatic rings. The van der Waals surface area contributed by atoms with Gasteiger partial charge in [0.05, 0.1) is 6.04 Å². The van der Waals surface area contributed by atoms with Crippen LogP contribution in [0.15, 0.2) is 0 Å². The fraction of sp³-hybridized carbons (Fsp3) is 0.929. The number of amides is 1. The largest absolute Gasteiger partial charge is 0.342 e. The van der Waals surface area contributed by atoms with Gasteiger partial charge < -0.3 is 10.2 Å². The third-order valence-electron chi connectivity index (χ3n) is 3.71. The Morgan fingerprint density at radius 2 is 1.53 bits per heavy atom. The van der Waals surface area contributed by atoms with Gasteiger partial charge in [0.1, 0.15) is 0 Å². The van der Waals surface area contributed by atoms with E-state index < -0.39 is 0 Å². The summed E-state index contributed by atoms with van der Waals surface area (Å²) >= 11 is 0. The van der Waals surface area contributed by atoms with Gasteiger partial charge in [-0.05, 0) is 33.6 Å². The number of nitrogens with one attached hydrogen (secondary N) is 1. The monoisotopic (exact) mass is 242 g/mol. The van der Waals surface area contributed by atoms with Gasteiger partial charge >= 0.3 is 0 Å². The van der Waals surface area contributed by atoms with Crippen LogP contribution in [0, 0.1) is 5.92 Å². The molecule has 2 atom stereocenters. The molecule has 0 aliphatic rings. The van der Waals surface area contributed by atoms with Gasteiger partial charge in [-0.1, -0.05) is 26.7 Å². The molecule has 0 heterocycles. The molecule has 102 valence electrons. The van der Waals surface area contributed by atoms with Gasteiger partial charge in [0, 0.05) is 19.1 Å². The second-order valence-corrected chi connectivity index (χ2v) is 4.76. The Hall–Kier alpha value is -0.570. The lowest BCUT2D eigenvalue weighted by atomic mass is 9.95. The molecule has 0 aliphatic heterocycles. The molecule has 0 aromatic heterocycles. The van der Waals surface area contributed by atoms with Crippen molar-refractivity contribution >= 4 is 5.91 Å². The Balaban J connectivity index is 4.32. The Kier molecular flexibility index (Phi) is 8.23. The number of likely N-dealkylation sites (N-methyl/N-ethyl adjacent to an activating group) is 1. The summed E-state index contributed by atoms with van der Waals surface area (Å²) in [7, 11) is 0. The van der Waals surface area contributed by atoms with Crippen molar-refractivity contribution in [3.05, 3.63) is 0 Å². The van der Waals surface area contributed by atoms with E-state index in [0.717, 1.165) is 25.9 Å². The van der Waals surface area contributed by atoms with Gasteiger partial charge in [-0.2, -0.15) is 0 Å². The molecule has 0 saturated heterocycles. The van der Waals surface area contributed by atoms with Crippen LogP contribution in [0.5, 0.6) is 0 Å². The van der Waals surface area contributed by atoms with Crippen molar-refractivity contribution in [3.63, 3.8) is 0 Å². The number of nitrogens with zero attached hydrogens (tertiary/aromatic N) is 1. The van der Waals surface area contributed by atoms with Crippen molar-refractivity contribution in [2.75, 3.05) is 13.1 Å². The van der Waals surface area contributed by atoms with Gasteiger partial charge in [0.2, 0.25) is 5.91 Å². The van der Waals surface area contributed by atoms with Crippen molar-refractivity contribution in [1.82, 2.24) is 10.2 Å². The first-order valence-electron chi connectivity index (χ1n) is 7.06. The summed E-state index contributed by atoms with van der Waals surface area (Å²) in [6, 6.07) is 0.324. The summed E-state index contributed by atoms with van der Waals surface area (Å²) in [6.45, 7) is 14.2. The van der Waals surface area contributed by atoms with Crippen LogP contribution in [-0.2, 0) is 4.79 Å². The van der Waals surface area contributed by atoms with E-state index in [2.05, 4.69) is 26.1 Å². The lowest BCUT2D eigenvalue weighted by Crippen LogP contribution is -2.49. The third kappa shape index (κ3) is 5.07. The second-order valence-electron chi connectivity index (χ2n) is 4.76. The summed E-state index contributed by atoms with van der Waals surface area (Å²) < 4.78 is 0. The van der Waals surface area contributed by atoms with E-state index in [0.29, 0.717) is 12.0 Å². The molecule has 0 bridgehead atoms. The van der Waals surface area contributed by atoms with Crippen LogP contribution in [0.1, 0.15) is 54.4 Å². The van der Waals surface area contributed by atoms with Crippen LogP contribution in [0.2, 0.25) is 0 Å². The molecular formula is C14H30N2O. The Labute approximate surface area is 107 Å². The summed E-state index contributed by atoms with van der Waals surface area (Å²) in [5.74, 6) is 0.870. The van der Waals surface area contributed by atoms with E-state index in [1.54, 1.807) is 0 Å². The molecule has 0 aliphatic carbocycles. The number of hydrogen-bond donors (Lipinski definition) is 1. The fourth-order valence-electron chi connectivity index (χ4n) is 2.41. The average molecular weight is 242 g/mol. The van der Waals surface area contributed by atoms with Crippen LogP contribution in [0.25, 0.3) is 0 Å². The third-order valence-corrected chi connectivity index (χ3v) is 3.71. The standard InChI is InChI=1S/C14H30N2O/c1-7-13(8-2)11(5)15-12(6)14(17)16(9-3)10-4/h11-13,15H,7-10H2,1-6H3. The zero-order valence-corrected chi connectivity index (χ0v) is 12.4. The molecule has 2 unspecified atom stereocenters. The second kappa shape index (κ2) is 8.51. The number of hydrogen-bond acceptors (Lipinski definition) is 2. The van der Waals surface area contributed by atoms with Crippen LogP contribution in [-0.4, -0.2) is 36.0 Å². The molecule has 3 nitrogen and oxygen atoms in total. The van der Waals surface area contributed by atoms with Crippen molar-refractivity contribution in [2.45, 2.75) is 66.5 Å². The molecule has 0 saturated carbocycles. The quantitative estimate of drug-likeness (QED) is 0.709. The van der Waals surface area contributed by atoms with E-state index in [-0.39, 0.29) is 11.9 Å². The van der Waals surface area contributed by atoms with E-state index in [9.17, 15) is 4.79 Å². The molecule has 17 heavy (non-hydrogen) atoms. The summed E-state index contributed by atoms with van der Waals surface area (Å²) in [5, 5.41) is 3.44. The zero-order chi connectivity index (χ0) is 13.4. The van der Waals surface area contributed by atoms with Crippen LogP contribution in [0.3, 0.4) is 0 Å². The van der Waals surface area contributed by atoms with Crippen molar-refractivity contribution < 1.29 is 4.79 Å². The summed E-state index contributed by atoms with van der Waals surface area (Å²) in [5.41, 5.74) is 0. The van der Waals surface area contributed by atoms with Crippen molar-refractivity contribution in [2.24, 2.45) is 5.92 Å².